The molecule has 0 aromatic heterocycles. The molecule has 0 spiro atoms. The fourth-order valence-electron chi connectivity index (χ4n) is 0.914. The Bertz CT molecular complexity index is 327. The van der Waals surface area contributed by atoms with E-state index in [2.05, 4.69) is 0 Å². The maximum Gasteiger partial charge on any atom is 1.00 e. The zero-order valence-electron chi connectivity index (χ0n) is 11.4. The van der Waals surface area contributed by atoms with E-state index in [4.69, 9.17) is 0 Å². The number of rotatable bonds is 6. The van der Waals surface area contributed by atoms with Crippen LogP contribution in [0.4, 0.5) is 0 Å². The smallest absolute Gasteiger partial charge is 0.545 e. The molecule has 0 aromatic rings. The molecule has 10 heteroatoms. The zero-order chi connectivity index (χ0) is 13.6. The van der Waals surface area contributed by atoms with Crippen molar-refractivity contribution in [1.29, 1.82) is 0 Å². The van der Waals surface area contributed by atoms with Crippen molar-refractivity contribution >= 4 is 23.8 Å². The van der Waals surface area contributed by atoms with Crippen molar-refractivity contribution in [3.8, 4) is 0 Å². The standard InChI is InChI=1S/C9H14N2O6.2Na/c1-3-5(12)10-9(7(14)15,8(16)17)11-6(13)4-2;;/h3-4H2,1-2H3,(H,10,12)(H,11,13)(H,14,15)(H,16,17);;/q;2*+1/p-2. The first-order valence-electron chi connectivity index (χ1n) is 4.85. The molecule has 0 saturated heterocycles. The summed E-state index contributed by atoms with van der Waals surface area (Å²) in [5.74, 6) is -6.12. The Labute approximate surface area is 154 Å². The number of aliphatic carboxylic acids is 2. The van der Waals surface area contributed by atoms with Gasteiger partial charge in [0.1, 0.15) is 0 Å². The van der Waals surface area contributed by atoms with Gasteiger partial charge in [-0.05, 0) is 0 Å². The fourth-order valence-corrected chi connectivity index (χ4v) is 0.914. The minimum Gasteiger partial charge on any atom is -0.545 e. The Morgan fingerprint density at radius 3 is 1.26 bits per heavy atom. The molecule has 0 rings (SSSR count). The Morgan fingerprint density at radius 1 is 0.842 bits per heavy atom. The third kappa shape index (κ3) is 6.73. The van der Waals surface area contributed by atoms with Crippen molar-refractivity contribution in [3.63, 3.8) is 0 Å². The van der Waals surface area contributed by atoms with E-state index < -0.39 is 29.4 Å². The van der Waals surface area contributed by atoms with Crippen molar-refractivity contribution in [1.82, 2.24) is 10.6 Å². The molecule has 0 saturated carbocycles. The normalized spacial score (nSPS) is 9.37. The molecule has 19 heavy (non-hydrogen) atoms. The summed E-state index contributed by atoms with van der Waals surface area (Å²) in [6.07, 6.45) is -0.325. The van der Waals surface area contributed by atoms with Gasteiger partial charge in [-0.25, -0.2) is 0 Å². The monoisotopic (exact) mass is 290 g/mol. The molecule has 0 atom stereocenters. The summed E-state index contributed by atoms with van der Waals surface area (Å²) in [6.45, 7) is 2.76. The predicted octanol–water partition coefficient (Wildman–Crippen LogP) is -9.76. The van der Waals surface area contributed by atoms with Gasteiger partial charge in [0.25, 0.3) is 0 Å². The Balaban J connectivity index is -0.00000128. The molecule has 0 unspecified atom stereocenters. The molecular weight excluding hydrogens is 278 g/mol. The summed E-state index contributed by atoms with van der Waals surface area (Å²) in [6, 6.07) is 0. The van der Waals surface area contributed by atoms with Crippen LogP contribution in [0.1, 0.15) is 26.7 Å². The van der Waals surface area contributed by atoms with Crippen LogP contribution < -0.4 is 80.0 Å². The van der Waals surface area contributed by atoms with Gasteiger partial charge in [-0.15, -0.1) is 0 Å². The first kappa shape index (κ1) is 23.9. The van der Waals surface area contributed by atoms with Crippen LogP contribution in [0.25, 0.3) is 0 Å². The van der Waals surface area contributed by atoms with E-state index in [9.17, 15) is 29.4 Å². The van der Waals surface area contributed by atoms with Gasteiger partial charge in [-0.3, -0.25) is 9.59 Å². The van der Waals surface area contributed by atoms with Gasteiger partial charge >= 0.3 is 59.1 Å². The summed E-state index contributed by atoms with van der Waals surface area (Å²) in [5, 5.41) is 24.9. The van der Waals surface area contributed by atoms with Crippen LogP contribution in [0.5, 0.6) is 0 Å². The first-order chi connectivity index (χ1) is 7.80. The van der Waals surface area contributed by atoms with Crippen LogP contribution in [0.15, 0.2) is 0 Å². The molecule has 0 aliphatic heterocycles. The molecule has 0 bridgehead atoms. The Kier molecular flexibility index (Phi) is 13.4. The number of carbonyl (C=O) groups excluding carboxylic acids is 4. The van der Waals surface area contributed by atoms with Crippen molar-refractivity contribution < 1.29 is 88.5 Å². The van der Waals surface area contributed by atoms with Gasteiger partial charge in [0.15, 0.2) is 5.66 Å². The second-order valence-corrected chi connectivity index (χ2v) is 3.13. The SMILES string of the molecule is CCC(=O)NC(NC(=O)CC)(C(=O)[O-])C(=O)[O-].[Na+].[Na+]. The number of amides is 2. The van der Waals surface area contributed by atoms with E-state index in [0.29, 0.717) is 0 Å². The zero-order valence-corrected chi connectivity index (χ0v) is 15.4. The molecule has 0 radical (unpaired) electrons. The number of carbonyl (C=O) groups is 4. The molecule has 0 fully saturated rings. The summed E-state index contributed by atoms with van der Waals surface area (Å²) in [5.41, 5.74) is -3.04. The average Bonchev–Trinajstić information content (AvgIpc) is 2.26. The fraction of sp³-hybridized carbons (Fsp3) is 0.556. The molecule has 2 amide bonds. The van der Waals surface area contributed by atoms with E-state index in [-0.39, 0.29) is 72.0 Å². The van der Waals surface area contributed by atoms with Crippen molar-refractivity contribution in [2.75, 3.05) is 0 Å². The molecule has 0 aromatic carbocycles. The quantitative estimate of drug-likeness (QED) is 0.283. The largest absolute Gasteiger partial charge is 1.00 e. The molecule has 0 aliphatic rings. The number of nitrogens with one attached hydrogen (secondary N) is 2. The van der Waals surface area contributed by atoms with Gasteiger partial charge in [0, 0.05) is 12.8 Å². The van der Waals surface area contributed by atoms with E-state index in [1.165, 1.54) is 13.8 Å². The van der Waals surface area contributed by atoms with Gasteiger partial charge < -0.3 is 30.4 Å². The summed E-state index contributed by atoms with van der Waals surface area (Å²) in [4.78, 5) is 43.7. The molecule has 0 heterocycles. The Morgan fingerprint density at radius 2 is 1.11 bits per heavy atom. The summed E-state index contributed by atoms with van der Waals surface area (Å²) >= 11 is 0. The van der Waals surface area contributed by atoms with E-state index in [0.717, 1.165) is 0 Å². The molecule has 2 N–H and O–H groups in total. The minimum atomic E-state index is -3.04. The second kappa shape index (κ2) is 10.6. The third-order valence-electron chi connectivity index (χ3n) is 1.91. The van der Waals surface area contributed by atoms with Crippen LogP contribution in [0.2, 0.25) is 0 Å². The minimum absolute atomic E-state index is 0. The van der Waals surface area contributed by atoms with Crippen molar-refractivity contribution in [2.24, 2.45) is 0 Å². The van der Waals surface area contributed by atoms with Gasteiger partial charge in [0.2, 0.25) is 11.8 Å². The number of carboxylic acid groups (broad SMARTS) is 2. The van der Waals surface area contributed by atoms with Crippen molar-refractivity contribution in [2.45, 2.75) is 32.4 Å². The van der Waals surface area contributed by atoms with E-state index in [1.54, 1.807) is 10.6 Å². The van der Waals surface area contributed by atoms with Crippen LogP contribution in [0, 0.1) is 0 Å². The summed E-state index contributed by atoms with van der Waals surface area (Å²) < 4.78 is 0. The molecule has 0 aliphatic carbocycles. The van der Waals surface area contributed by atoms with Crippen LogP contribution >= 0.6 is 0 Å². The van der Waals surface area contributed by atoms with E-state index in [1.807, 2.05) is 0 Å². The number of carboxylic acids is 2. The van der Waals surface area contributed by atoms with Crippen LogP contribution in [-0.4, -0.2) is 29.4 Å². The number of hydrogen-bond donors (Lipinski definition) is 2. The third-order valence-corrected chi connectivity index (χ3v) is 1.91. The molecule has 8 nitrogen and oxygen atoms in total. The van der Waals surface area contributed by atoms with E-state index >= 15 is 0 Å². The van der Waals surface area contributed by atoms with Crippen LogP contribution in [-0.2, 0) is 19.2 Å². The van der Waals surface area contributed by atoms with Crippen LogP contribution in [0.3, 0.4) is 0 Å². The van der Waals surface area contributed by atoms with Gasteiger partial charge in [-0.1, -0.05) is 13.8 Å². The average molecular weight is 290 g/mol. The maximum absolute atomic E-state index is 11.1. The maximum atomic E-state index is 11.1. The predicted molar refractivity (Wildman–Crippen MR) is 49.6 cm³/mol. The molecular formula is C9H12N2Na2O6. The number of hydrogen-bond acceptors (Lipinski definition) is 6. The Hall–Kier alpha value is -0.120. The van der Waals surface area contributed by atoms with Crippen molar-refractivity contribution in [3.05, 3.63) is 0 Å². The first-order valence-corrected chi connectivity index (χ1v) is 4.85. The topological polar surface area (TPSA) is 138 Å². The second-order valence-electron chi connectivity index (χ2n) is 3.13. The van der Waals surface area contributed by atoms with Gasteiger partial charge in [-0.2, -0.15) is 0 Å². The molecule has 96 valence electrons. The van der Waals surface area contributed by atoms with Gasteiger partial charge in [0.05, 0.1) is 11.9 Å². The summed E-state index contributed by atoms with van der Waals surface area (Å²) in [7, 11) is 0.